The second kappa shape index (κ2) is 7.93. The quantitative estimate of drug-likeness (QED) is 0.373. The Bertz CT molecular complexity index is 551. The van der Waals surface area contributed by atoms with Crippen LogP contribution in [0.2, 0.25) is 0 Å². The van der Waals surface area contributed by atoms with Crippen LogP contribution in [0.5, 0.6) is 0 Å². The maximum Gasteiger partial charge on any atom is 0.249 e. The SMILES string of the molecule is CCC(=O)NOCc1c(CC)cccc1C(=O)N=[N+]=[N-]. The normalized spacial score (nSPS) is 9.70. The summed E-state index contributed by atoms with van der Waals surface area (Å²) in [6, 6.07) is 5.14. The molecule has 0 bridgehead atoms. The van der Waals surface area contributed by atoms with E-state index >= 15 is 0 Å². The standard InChI is InChI=1S/C13H16N4O3/c1-3-9-6-5-7-10(13(19)15-17-14)11(9)8-20-16-12(18)4-2/h5-7H,3-4,8H2,1-2H3,(H,16,18). The van der Waals surface area contributed by atoms with Gasteiger partial charge in [-0.2, -0.15) is 0 Å². The molecule has 7 heteroatoms. The van der Waals surface area contributed by atoms with Crippen LogP contribution < -0.4 is 5.48 Å². The van der Waals surface area contributed by atoms with Crippen molar-refractivity contribution in [3.8, 4) is 0 Å². The van der Waals surface area contributed by atoms with Crippen LogP contribution in [0.15, 0.2) is 23.3 Å². The molecule has 0 aliphatic carbocycles. The molecule has 0 aromatic heterocycles. The van der Waals surface area contributed by atoms with Crippen LogP contribution in [0.25, 0.3) is 10.4 Å². The Kier molecular flexibility index (Phi) is 6.22. The second-order valence-corrected chi connectivity index (χ2v) is 3.96. The third-order valence-corrected chi connectivity index (χ3v) is 2.74. The molecule has 20 heavy (non-hydrogen) atoms. The number of azide groups is 1. The van der Waals surface area contributed by atoms with E-state index in [-0.39, 0.29) is 18.1 Å². The zero-order valence-electron chi connectivity index (χ0n) is 11.4. The Hall–Kier alpha value is -2.37. The molecule has 0 aliphatic heterocycles. The Labute approximate surface area is 116 Å². The number of hydrogen-bond donors (Lipinski definition) is 1. The van der Waals surface area contributed by atoms with Gasteiger partial charge >= 0.3 is 0 Å². The predicted octanol–water partition coefficient (Wildman–Crippen LogP) is 2.66. The van der Waals surface area contributed by atoms with Gasteiger partial charge in [-0.1, -0.05) is 32.0 Å². The smallest absolute Gasteiger partial charge is 0.249 e. The third-order valence-electron chi connectivity index (χ3n) is 2.74. The van der Waals surface area contributed by atoms with Crippen molar-refractivity contribution < 1.29 is 14.4 Å². The van der Waals surface area contributed by atoms with Crippen molar-refractivity contribution >= 4 is 11.8 Å². The highest BCUT2D eigenvalue weighted by atomic mass is 16.6. The molecule has 1 rings (SSSR count). The molecule has 0 saturated heterocycles. The molecule has 7 nitrogen and oxygen atoms in total. The van der Waals surface area contributed by atoms with E-state index in [9.17, 15) is 9.59 Å². The number of nitrogens with zero attached hydrogens (tertiary/aromatic N) is 3. The molecule has 0 heterocycles. The number of benzene rings is 1. The second-order valence-electron chi connectivity index (χ2n) is 3.96. The highest BCUT2D eigenvalue weighted by molar-refractivity contribution is 5.96. The van der Waals surface area contributed by atoms with Crippen LogP contribution in [0.4, 0.5) is 0 Å². The minimum Gasteiger partial charge on any atom is -0.287 e. The third kappa shape index (κ3) is 4.08. The van der Waals surface area contributed by atoms with Crippen LogP contribution in [0.3, 0.4) is 0 Å². The first-order chi connectivity index (χ1) is 9.63. The lowest BCUT2D eigenvalue weighted by Gasteiger charge is -2.12. The fraction of sp³-hybridized carbons (Fsp3) is 0.385. The number of rotatable bonds is 6. The summed E-state index contributed by atoms with van der Waals surface area (Å²) in [6.45, 7) is 3.68. The van der Waals surface area contributed by atoms with Crippen LogP contribution in [0, 0.1) is 0 Å². The Morgan fingerprint density at radius 1 is 1.40 bits per heavy atom. The number of nitrogens with one attached hydrogen (secondary N) is 1. The summed E-state index contributed by atoms with van der Waals surface area (Å²) in [7, 11) is 0. The number of carbonyl (C=O) groups excluding carboxylic acids is 2. The van der Waals surface area contributed by atoms with E-state index in [2.05, 4.69) is 15.5 Å². The van der Waals surface area contributed by atoms with Crippen molar-refractivity contribution in [3.63, 3.8) is 0 Å². The first-order valence-electron chi connectivity index (χ1n) is 6.24. The van der Waals surface area contributed by atoms with E-state index in [1.807, 2.05) is 13.0 Å². The number of hydroxylamine groups is 1. The fourth-order valence-corrected chi connectivity index (χ4v) is 1.69. The highest BCUT2D eigenvalue weighted by Gasteiger charge is 2.13. The lowest BCUT2D eigenvalue weighted by atomic mass is 9.99. The molecule has 0 saturated carbocycles. The summed E-state index contributed by atoms with van der Waals surface area (Å²) in [6.07, 6.45) is 0.998. The molecule has 0 atom stereocenters. The van der Waals surface area contributed by atoms with Crippen molar-refractivity contribution in [2.45, 2.75) is 33.3 Å². The summed E-state index contributed by atoms with van der Waals surface area (Å²) in [5.41, 5.74) is 12.4. The first kappa shape index (κ1) is 15.7. The minimum atomic E-state index is -0.664. The minimum absolute atomic E-state index is 0.0395. The van der Waals surface area contributed by atoms with Crippen LogP contribution in [0.1, 0.15) is 41.8 Å². The Balaban J connectivity index is 2.98. The van der Waals surface area contributed by atoms with Gasteiger partial charge in [-0.3, -0.25) is 14.4 Å². The van der Waals surface area contributed by atoms with Gasteiger partial charge in [0.2, 0.25) is 11.8 Å². The fourth-order valence-electron chi connectivity index (χ4n) is 1.69. The van der Waals surface area contributed by atoms with Gasteiger partial charge in [0.25, 0.3) is 0 Å². The molecular weight excluding hydrogens is 260 g/mol. The summed E-state index contributed by atoms with van der Waals surface area (Å²) < 4.78 is 0. The molecule has 1 N–H and O–H groups in total. The lowest BCUT2D eigenvalue weighted by molar-refractivity contribution is -0.134. The van der Waals surface area contributed by atoms with Crippen molar-refractivity contribution in [1.82, 2.24) is 5.48 Å². The van der Waals surface area contributed by atoms with Gasteiger partial charge in [0, 0.05) is 16.9 Å². The van der Waals surface area contributed by atoms with Gasteiger partial charge in [0.05, 0.1) is 0 Å². The molecule has 1 aromatic rings. The first-order valence-corrected chi connectivity index (χ1v) is 6.24. The maximum atomic E-state index is 11.7. The van der Waals surface area contributed by atoms with Crippen molar-refractivity contribution in [3.05, 3.63) is 45.3 Å². The summed E-state index contributed by atoms with van der Waals surface area (Å²) in [5.74, 6) is -0.912. The molecule has 2 amide bonds. The summed E-state index contributed by atoms with van der Waals surface area (Å²) >= 11 is 0. The van der Waals surface area contributed by atoms with E-state index in [1.165, 1.54) is 0 Å². The van der Waals surface area contributed by atoms with Gasteiger partial charge < -0.3 is 0 Å². The molecule has 106 valence electrons. The average Bonchev–Trinajstić information content (AvgIpc) is 2.47. The van der Waals surface area contributed by atoms with Gasteiger partial charge in [-0.05, 0) is 28.2 Å². The number of aryl methyl sites for hydroxylation is 1. The average molecular weight is 276 g/mol. The van der Waals surface area contributed by atoms with Gasteiger partial charge in [0.1, 0.15) is 6.61 Å². The van der Waals surface area contributed by atoms with Gasteiger partial charge in [0.15, 0.2) is 0 Å². The molecular formula is C13H16N4O3. The van der Waals surface area contributed by atoms with Crippen molar-refractivity contribution in [2.75, 3.05) is 0 Å². The van der Waals surface area contributed by atoms with Crippen molar-refractivity contribution in [2.24, 2.45) is 5.11 Å². The van der Waals surface area contributed by atoms with Crippen LogP contribution in [-0.2, 0) is 22.7 Å². The number of hydrogen-bond acceptors (Lipinski definition) is 3. The van der Waals surface area contributed by atoms with Crippen molar-refractivity contribution in [1.29, 1.82) is 0 Å². The van der Waals surface area contributed by atoms with Crippen LogP contribution in [-0.4, -0.2) is 11.8 Å². The number of carbonyl (C=O) groups is 2. The molecule has 0 unspecified atom stereocenters. The van der Waals surface area contributed by atoms with E-state index < -0.39 is 5.91 Å². The molecule has 1 aromatic carbocycles. The Morgan fingerprint density at radius 3 is 2.75 bits per heavy atom. The largest absolute Gasteiger partial charge is 0.287 e. The lowest BCUT2D eigenvalue weighted by Crippen LogP contribution is -2.23. The monoisotopic (exact) mass is 276 g/mol. The van der Waals surface area contributed by atoms with Gasteiger partial charge in [-0.25, -0.2) is 5.48 Å². The summed E-state index contributed by atoms with van der Waals surface area (Å²) in [5, 5.41) is 3.09. The van der Waals surface area contributed by atoms with E-state index in [1.54, 1.807) is 19.1 Å². The van der Waals surface area contributed by atoms with E-state index in [0.717, 1.165) is 5.56 Å². The Morgan fingerprint density at radius 2 is 2.15 bits per heavy atom. The van der Waals surface area contributed by atoms with Crippen LogP contribution >= 0.6 is 0 Å². The van der Waals surface area contributed by atoms with Gasteiger partial charge in [-0.15, -0.1) is 0 Å². The molecule has 0 fully saturated rings. The predicted molar refractivity (Wildman–Crippen MR) is 72.5 cm³/mol. The van der Waals surface area contributed by atoms with E-state index in [4.69, 9.17) is 10.4 Å². The topological polar surface area (TPSA) is 104 Å². The molecule has 0 radical (unpaired) electrons. The molecule has 0 aliphatic rings. The maximum absolute atomic E-state index is 11.7. The summed E-state index contributed by atoms with van der Waals surface area (Å²) in [4.78, 5) is 30.4. The zero-order chi connectivity index (χ0) is 15.0. The molecule has 0 spiro atoms. The number of amides is 2. The zero-order valence-corrected chi connectivity index (χ0v) is 11.4. The van der Waals surface area contributed by atoms with E-state index in [0.29, 0.717) is 18.4 Å². The highest BCUT2D eigenvalue weighted by Crippen LogP contribution is 2.18.